The Morgan fingerprint density at radius 2 is 1.72 bits per heavy atom. The van der Waals surface area contributed by atoms with Crippen LogP contribution in [0.3, 0.4) is 0 Å². The highest BCUT2D eigenvalue weighted by molar-refractivity contribution is 5.98. The summed E-state index contributed by atoms with van der Waals surface area (Å²) in [6, 6.07) is 13.3. The van der Waals surface area contributed by atoms with Gasteiger partial charge in [0, 0.05) is 26.2 Å². The lowest BCUT2D eigenvalue weighted by molar-refractivity contribution is -0.115. The van der Waals surface area contributed by atoms with Crippen molar-refractivity contribution in [2.75, 3.05) is 50.1 Å². The highest BCUT2D eigenvalue weighted by Crippen LogP contribution is 2.29. The van der Waals surface area contributed by atoms with Gasteiger partial charge in [-0.3, -0.25) is 4.79 Å². The number of esters is 1. The predicted molar refractivity (Wildman–Crippen MR) is 116 cm³/mol. The molecule has 0 aliphatic carbocycles. The number of carbonyl (C=O) groups is 2. The van der Waals surface area contributed by atoms with E-state index in [9.17, 15) is 9.59 Å². The summed E-state index contributed by atoms with van der Waals surface area (Å²) in [5.41, 5.74) is 4.12. The Morgan fingerprint density at radius 3 is 2.34 bits per heavy atom. The van der Waals surface area contributed by atoms with Crippen molar-refractivity contribution in [2.45, 2.75) is 20.3 Å². The van der Waals surface area contributed by atoms with Crippen molar-refractivity contribution in [3.8, 4) is 0 Å². The normalized spacial score (nSPS) is 14.5. The number of hydrogen-bond acceptors (Lipinski definition) is 5. The van der Waals surface area contributed by atoms with Crippen molar-refractivity contribution >= 4 is 23.3 Å². The summed E-state index contributed by atoms with van der Waals surface area (Å²) in [5.74, 6) is -0.523. The first kappa shape index (κ1) is 20.9. The average molecular weight is 396 g/mol. The monoisotopic (exact) mass is 395 g/mol. The van der Waals surface area contributed by atoms with Crippen molar-refractivity contribution in [3.63, 3.8) is 0 Å². The Bertz CT molecular complexity index is 856. The molecule has 1 fully saturated rings. The van der Waals surface area contributed by atoms with Gasteiger partial charge in [-0.1, -0.05) is 36.8 Å². The predicted octanol–water partition coefficient (Wildman–Crippen LogP) is 3.10. The van der Waals surface area contributed by atoms with Gasteiger partial charge in [-0.2, -0.15) is 0 Å². The molecule has 154 valence electrons. The van der Waals surface area contributed by atoms with Gasteiger partial charge in [-0.15, -0.1) is 0 Å². The van der Waals surface area contributed by atoms with E-state index in [-0.39, 0.29) is 12.3 Å². The van der Waals surface area contributed by atoms with Gasteiger partial charge in [0.25, 0.3) is 0 Å². The molecule has 0 spiro atoms. The summed E-state index contributed by atoms with van der Waals surface area (Å²) in [6.07, 6.45) is 0.284. The molecular formula is C23H29N3O3. The van der Waals surface area contributed by atoms with Crippen LogP contribution in [0.2, 0.25) is 0 Å². The third-order valence-corrected chi connectivity index (χ3v) is 5.34. The fourth-order valence-corrected chi connectivity index (χ4v) is 3.55. The van der Waals surface area contributed by atoms with E-state index in [1.807, 2.05) is 37.3 Å². The fourth-order valence-electron chi connectivity index (χ4n) is 3.55. The van der Waals surface area contributed by atoms with Gasteiger partial charge in [0.1, 0.15) is 0 Å². The molecule has 0 saturated carbocycles. The second-order valence-electron chi connectivity index (χ2n) is 7.36. The number of nitrogens with one attached hydrogen (secondary N) is 1. The Balaban J connectivity index is 1.80. The molecule has 1 heterocycles. The molecule has 0 aromatic heterocycles. The van der Waals surface area contributed by atoms with Crippen molar-refractivity contribution in [1.82, 2.24) is 4.90 Å². The molecule has 1 aliphatic heterocycles. The van der Waals surface area contributed by atoms with E-state index in [4.69, 9.17) is 4.74 Å². The van der Waals surface area contributed by atoms with Crippen molar-refractivity contribution in [1.29, 1.82) is 0 Å². The summed E-state index contributed by atoms with van der Waals surface area (Å²) in [4.78, 5) is 29.3. The zero-order chi connectivity index (χ0) is 20.8. The number of ether oxygens (including phenoxy) is 1. The zero-order valence-corrected chi connectivity index (χ0v) is 17.4. The molecule has 1 amide bonds. The van der Waals surface area contributed by atoms with Crippen LogP contribution in [-0.4, -0.2) is 56.6 Å². The van der Waals surface area contributed by atoms with Crippen LogP contribution in [0.5, 0.6) is 0 Å². The number of amides is 1. The minimum absolute atomic E-state index is 0.107. The van der Waals surface area contributed by atoms with E-state index < -0.39 is 5.97 Å². The summed E-state index contributed by atoms with van der Waals surface area (Å²) < 4.78 is 4.85. The number of carbonyl (C=O) groups excluding carboxylic acids is 2. The number of methoxy groups -OCH3 is 1. The SMILES string of the molecule is CCN1CCN(c2ccc(C(=O)OC)cc2NC(=O)Cc2ccc(C)cc2)CC1. The van der Waals surface area contributed by atoms with Crippen LogP contribution >= 0.6 is 0 Å². The number of benzene rings is 2. The van der Waals surface area contributed by atoms with E-state index in [1.54, 1.807) is 12.1 Å². The molecule has 0 bridgehead atoms. The number of likely N-dealkylation sites (N-methyl/N-ethyl adjacent to an activating group) is 1. The smallest absolute Gasteiger partial charge is 0.337 e. The zero-order valence-electron chi connectivity index (χ0n) is 17.4. The first-order valence-electron chi connectivity index (χ1n) is 10.0. The summed E-state index contributed by atoms with van der Waals surface area (Å²) >= 11 is 0. The van der Waals surface area contributed by atoms with Crippen LogP contribution in [0.4, 0.5) is 11.4 Å². The van der Waals surface area contributed by atoms with E-state index in [1.165, 1.54) is 7.11 Å². The topological polar surface area (TPSA) is 61.9 Å². The minimum Gasteiger partial charge on any atom is -0.465 e. The van der Waals surface area contributed by atoms with Crippen molar-refractivity contribution in [3.05, 3.63) is 59.2 Å². The molecule has 1 aliphatic rings. The standard InChI is InChI=1S/C23H29N3O3/c1-4-25-11-13-26(14-12-25)21-10-9-19(23(28)29-3)16-20(21)24-22(27)15-18-7-5-17(2)6-8-18/h5-10,16H,4,11-15H2,1-3H3,(H,24,27). The largest absolute Gasteiger partial charge is 0.465 e. The van der Waals surface area contributed by atoms with Gasteiger partial charge in [0.2, 0.25) is 5.91 Å². The maximum atomic E-state index is 12.7. The molecule has 2 aromatic rings. The van der Waals surface area contributed by atoms with Gasteiger partial charge < -0.3 is 19.9 Å². The van der Waals surface area contributed by atoms with Crippen LogP contribution < -0.4 is 10.2 Å². The van der Waals surface area contributed by atoms with Crippen molar-refractivity contribution < 1.29 is 14.3 Å². The average Bonchev–Trinajstić information content (AvgIpc) is 2.75. The number of aryl methyl sites for hydroxylation is 1. The summed E-state index contributed by atoms with van der Waals surface area (Å²) in [6.45, 7) is 8.94. The molecule has 0 unspecified atom stereocenters. The third-order valence-electron chi connectivity index (χ3n) is 5.34. The molecule has 6 heteroatoms. The Labute approximate surface area is 172 Å². The molecule has 2 aromatic carbocycles. The van der Waals surface area contributed by atoms with Gasteiger partial charge in [0.05, 0.1) is 30.5 Å². The molecule has 29 heavy (non-hydrogen) atoms. The Morgan fingerprint density at radius 1 is 1.03 bits per heavy atom. The van der Waals surface area contributed by atoms with E-state index >= 15 is 0 Å². The first-order chi connectivity index (χ1) is 14.0. The van der Waals surface area contributed by atoms with E-state index in [0.29, 0.717) is 11.3 Å². The van der Waals surface area contributed by atoms with Gasteiger partial charge in [-0.25, -0.2) is 4.79 Å². The minimum atomic E-state index is -0.415. The first-order valence-corrected chi connectivity index (χ1v) is 10.0. The maximum absolute atomic E-state index is 12.7. The van der Waals surface area contributed by atoms with Crippen LogP contribution in [0.15, 0.2) is 42.5 Å². The quantitative estimate of drug-likeness (QED) is 0.762. The number of piperazine rings is 1. The lowest BCUT2D eigenvalue weighted by Crippen LogP contribution is -2.46. The summed E-state index contributed by atoms with van der Waals surface area (Å²) in [7, 11) is 1.36. The van der Waals surface area contributed by atoms with Crippen LogP contribution in [0.1, 0.15) is 28.4 Å². The van der Waals surface area contributed by atoms with Gasteiger partial charge in [0.15, 0.2) is 0 Å². The number of anilines is 2. The van der Waals surface area contributed by atoms with Crippen LogP contribution in [0, 0.1) is 6.92 Å². The molecule has 0 radical (unpaired) electrons. The molecule has 1 saturated heterocycles. The fraction of sp³-hybridized carbons (Fsp3) is 0.391. The van der Waals surface area contributed by atoms with Crippen LogP contribution in [0.25, 0.3) is 0 Å². The van der Waals surface area contributed by atoms with Gasteiger partial charge >= 0.3 is 5.97 Å². The van der Waals surface area contributed by atoms with Crippen LogP contribution in [-0.2, 0) is 16.0 Å². The summed E-state index contributed by atoms with van der Waals surface area (Å²) in [5, 5.41) is 3.01. The lowest BCUT2D eigenvalue weighted by Gasteiger charge is -2.36. The number of nitrogens with zero attached hydrogens (tertiary/aromatic N) is 2. The number of rotatable bonds is 6. The molecule has 3 rings (SSSR count). The highest BCUT2D eigenvalue weighted by atomic mass is 16.5. The van der Waals surface area contributed by atoms with E-state index in [0.717, 1.165) is 49.5 Å². The molecule has 6 nitrogen and oxygen atoms in total. The second-order valence-corrected chi connectivity index (χ2v) is 7.36. The van der Waals surface area contributed by atoms with Crippen molar-refractivity contribution in [2.24, 2.45) is 0 Å². The lowest BCUT2D eigenvalue weighted by atomic mass is 10.1. The van der Waals surface area contributed by atoms with E-state index in [2.05, 4.69) is 22.0 Å². The second kappa shape index (κ2) is 9.56. The Hall–Kier alpha value is -2.86. The Kier molecular flexibility index (Phi) is 6.88. The molecular weight excluding hydrogens is 366 g/mol. The molecule has 1 N–H and O–H groups in total. The third kappa shape index (κ3) is 5.35. The van der Waals surface area contributed by atoms with Gasteiger partial charge in [-0.05, 0) is 37.2 Å². The maximum Gasteiger partial charge on any atom is 0.337 e. The number of hydrogen-bond donors (Lipinski definition) is 1. The highest BCUT2D eigenvalue weighted by Gasteiger charge is 2.20. The molecule has 0 atom stereocenters.